The molecule has 0 spiro atoms. The lowest BCUT2D eigenvalue weighted by Gasteiger charge is -2.01. The van der Waals surface area contributed by atoms with Gasteiger partial charge in [-0.05, 0) is 17.7 Å². The van der Waals surface area contributed by atoms with E-state index in [0.29, 0.717) is 16.9 Å². The summed E-state index contributed by atoms with van der Waals surface area (Å²) in [4.78, 5) is 3.78. The van der Waals surface area contributed by atoms with Crippen LogP contribution < -0.4 is 0 Å². The number of rotatable bonds is 3. The molecule has 0 aliphatic carbocycles. The highest BCUT2D eigenvalue weighted by molar-refractivity contribution is 8.15. The zero-order valence-corrected chi connectivity index (χ0v) is 8.29. The van der Waals surface area contributed by atoms with E-state index in [2.05, 4.69) is 4.98 Å². The summed E-state index contributed by atoms with van der Waals surface area (Å²) in [6.07, 6.45) is 0. The molecule has 12 heavy (non-hydrogen) atoms. The van der Waals surface area contributed by atoms with Crippen molar-refractivity contribution in [3.05, 3.63) is 28.0 Å². The molecule has 0 bridgehead atoms. The lowest BCUT2D eigenvalue weighted by atomic mass is 10.3. The molecule has 0 saturated carbocycles. The quantitative estimate of drug-likeness (QED) is 0.444. The first kappa shape index (κ1) is 10.2. The third-order valence-electron chi connectivity index (χ3n) is 1.12. The van der Waals surface area contributed by atoms with Gasteiger partial charge in [0, 0.05) is 0 Å². The van der Waals surface area contributed by atoms with Crippen LogP contribution in [0.4, 0.5) is 0 Å². The monoisotopic (exact) mass is 219 g/mol. The first-order valence-corrected chi connectivity index (χ1v) is 4.59. The van der Waals surface area contributed by atoms with Gasteiger partial charge in [0.1, 0.15) is 10.3 Å². The van der Waals surface area contributed by atoms with Crippen LogP contribution in [0.1, 0.15) is 5.56 Å². The largest absolute Gasteiger partial charge is 0.324 e. The number of halogens is 2. The highest BCUT2D eigenvalue weighted by atomic mass is 35.5. The van der Waals surface area contributed by atoms with Crippen molar-refractivity contribution >= 4 is 42.2 Å². The SMILES string of the molecule is [B]SOCc1cc(Cl)nc(Cl)c1. The molecule has 2 radical (unpaired) electrons. The molecule has 0 aliphatic heterocycles. The van der Waals surface area contributed by atoms with Crippen LogP contribution in [-0.4, -0.2) is 12.1 Å². The lowest BCUT2D eigenvalue weighted by molar-refractivity contribution is 0.369. The average Bonchev–Trinajstić information content (AvgIpc) is 1.99. The van der Waals surface area contributed by atoms with Crippen LogP contribution >= 0.6 is 35.1 Å². The molecule has 1 heterocycles. The molecule has 1 rings (SSSR count). The fourth-order valence-corrected chi connectivity index (χ4v) is 1.41. The van der Waals surface area contributed by atoms with E-state index in [9.17, 15) is 0 Å². The molecule has 0 aromatic carbocycles. The Labute approximate surface area is 86.1 Å². The Kier molecular flexibility index (Phi) is 4.22. The summed E-state index contributed by atoms with van der Waals surface area (Å²) in [7, 11) is 5.07. The van der Waals surface area contributed by atoms with Crippen molar-refractivity contribution in [2.45, 2.75) is 6.61 Å². The molecule has 1 aromatic heterocycles. The molecule has 62 valence electrons. The summed E-state index contributed by atoms with van der Waals surface area (Å²) in [5.74, 6) is 0. The maximum absolute atomic E-state index is 5.64. The normalized spacial score (nSPS) is 10.2. The summed E-state index contributed by atoms with van der Waals surface area (Å²) in [6.45, 7) is 0.364. The zero-order chi connectivity index (χ0) is 8.97. The van der Waals surface area contributed by atoms with E-state index in [1.54, 1.807) is 12.1 Å². The van der Waals surface area contributed by atoms with Gasteiger partial charge in [0.2, 0.25) is 7.12 Å². The van der Waals surface area contributed by atoms with Crippen LogP contribution in [0, 0.1) is 0 Å². The predicted octanol–water partition coefficient (Wildman–Crippen LogP) is 2.64. The lowest BCUT2D eigenvalue weighted by Crippen LogP contribution is -1.88. The minimum absolute atomic E-state index is 0.350. The molecule has 6 heteroatoms. The fraction of sp³-hybridized carbons (Fsp3) is 0.167. The van der Waals surface area contributed by atoms with Crippen molar-refractivity contribution in [3.8, 4) is 0 Å². The van der Waals surface area contributed by atoms with Gasteiger partial charge in [-0.15, -0.1) is 0 Å². The van der Waals surface area contributed by atoms with E-state index in [0.717, 1.165) is 17.5 Å². The van der Waals surface area contributed by atoms with E-state index in [1.807, 2.05) is 0 Å². The average molecular weight is 220 g/mol. The molecule has 2 nitrogen and oxygen atoms in total. The Morgan fingerprint density at radius 3 is 2.50 bits per heavy atom. The molecular weight excluding hydrogens is 216 g/mol. The summed E-state index contributed by atoms with van der Waals surface area (Å²) >= 11 is 12.1. The molecule has 0 amide bonds. The second-order valence-corrected chi connectivity index (χ2v) is 3.18. The second kappa shape index (κ2) is 4.97. The van der Waals surface area contributed by atoms with Gasteiger partial charge in [0.25, 0.3) is 0 Å². The third kappa shape index (κ3) is 3.23. The van der Waals surface area contributed by atoms with Crippen molar-refractivity contribution < 1.29 is 4.18 Å². The maximum Gasteiger partial charge on any atom is 0.203 e. The standard InChI is InChI=1S/C6H4BCl2NOS/c7-12-11-3-4-1-5(8)10-6(9)2-4/h1-2H,3H2. The Bertz CT molecular complexity index is 253. The minimum Gasteiger partial charge on any atom is -0.324 e. The molecule has 0 aliphatic rings. The van der Waals surface area contributed by atoms with Gasteiger partial charge < -0.3 is 4.18 Å². The van der Waals surface area contributed by atoms with E-state index < -0.39 is 0 Å². The Morgan fingerprint density at radius 2 is 2.00 bits per heavy atom. The summed E-state index contributed by atoms with van der Waals surface area (Å²) in [6, 6.07) is 3.34. The molecule has 0 N–H and O–H groups in total. The van der Waals surface area contributed by atoms with Gasteiger partial charge in [0.15, 0.2) is 0 Å². The van der Waals surface area contributed by atoms with Gasteiger partial charge in [-0.3, -0.25) is 0 Å². The number of hydrogen-bond acceptors (Lipinski definition) is 3. The van der Waals surface area contributed by atoms with E-state index in [4.69, 9.17) is 34.5 Å². The minimum atomic E-state index is 0.350. The topological polar surface area (TPSA) is 22.1 Å². The van der Waals surface area contributed by atoms with Crippen molar-refractivity contribution in [3.63, 3.8) is 0 Å². The molecule has 1 aromatic rings. The van der Waals surface area contributed by atoms with Crippen LogP contribution in [0.2, 0.25) is 10.3 Å². The van der Waals surface area contributed by atoms with E-state index in [1.165, 1.54) is 0 Å². The molecule has 0 fully saturated rings. The van der Waals surface area contributed by atoms with Crippen LogP contribution in [0.25, 0.3) is 0 Å². The Hall–Kier alpha value is 0.105. The highest BCUT2D eigenvalue weighted by Gasteiger charge is 1.98. The van der Waals surface area contributed by atoms with Gasteiger partial charge in [0.05, 0.1) is 6.61 Å². The van der Waals surface area contributed by atoms with Gasteiger partial charge in [-0.25, -0.2) is 4.98 Å². The summed E-state index contributed by atoms with van der Waals surface area (Å²) in [5.41, 5.74) is 0.845. The molecular formula is C6H4BCl2NOS. The number of aromatic nitrogens is 1. The number of hydrogen-bond donors (Lipinski definition) is 0. The highest BCUT2D eigenvalue weighted by Crippen LogP contribution is 2.16. The third-order valence-corrected chi connectivity index (χ3v) is 1.76. The fourth-order valence-electron chi connectivity index (χ4n) is 0.700. The van der Waals surface area contributed by atoms with Crippen LogP contribution in [-0.2, 0) is 10.8 Å². The van der Waals surface area contributed by atoms with Crippen LogP contribution in [0.3, 0.4) is 0 Å². The first-order valence-electron chi connectivity index (χ1n) is 3.02. The Morgan fingerprint density at radius 1 is 1.42 bits per heavy atom. The van der Waals surface area contributed by atoms with E-state index >= 15 is 0 Å². The molecule has 0 saturated heterocycles. The van der Waals surface area contributed by atoms with Gasteiger partial charge in [-0.1, -0.05) is 35.1 Å². The van der Waals surface area contributed by atoms with Gasteiger partial charge in [-0.2, -0.15) is 0 Å². The zero-order valence-electron chi connectivity index (χ0n) is 5.96. The van der Waals surface area contributed by atoms with Crippen molar-refractivity contribution in [1.29, 1.82) is 0 Å². The molecule has 0 unspecified atom stereocenters. The van der Waals surface area contributed by atoms with Gasteiger partial charge >= 0.3 is 0 Å². The molecule has 0 atom stereocenters. The Balaban J connectivity index is 2.72. The second-order valence-electron chi connectivity index (χ2n) is 1.98. The van der Waals surface area contributed by atoms with Crippen molar-refractivity contribution in [2.24, 2.45) is 0 Å². The summed E-state index contributed by atoms with van der Waals surface area (Å²) in [5, 5.41) is 0.700. The predicted molar refractivity (Wildman–Crippen MR) is 52.4 cm³/mol. The first-order chi connectivity index (χ1) is 5.72. The maximum atomic E-state index is 5.64. The van der Waals surface area contributed by atoms with Crippen molar-refractivity contribution in [1.82, 2.24) is 4.98 Å². The van der Waals surface area contributed by atoms with Crippen LogP contribution in [0.15, 0.2) is 12.1 Å². The van der Waals surface area contributed by atoms with Crippen molar-refractivity contribution in [2.75, 3.05) is 0 Å². The van der Waals surface area contributed by atoms with E-state index in [-0.39, 0.29) is 0 Å². The smallest absolute Gasteiger partial charge is 0.203 e. The number of nitrogens with zero attached hydrogens (tertiary/aromatic N) is 1. The number of pyridine rings is 1. The summed E-state index contributed by atoms with van der Waals surface area (Å²) < 4.78 is 4.88. The van der Waals surface area contributed by atoms with Crippen LogP contribution in [0.5, 0.6) is 0 Å².